The summed E-state index contributed by atoms with van der Waals surface area (Å²) in [5, 5.41) is 0. The van der Waals surface area contributed by atoms with Crippen LogP contribution >= 0.6 is 0 Å². The van der Waals surface area contributed by atoms with E-state index in [1.54, 1.807) is 6.92 Å². The number of carbonyl (C=O) groups is 1. The van der Waals surface area contributed by atoms with Crippen LogP contribution in [0.2, 0.25) is 0 Å². The molecule has 0 radical (unpaired) electrons. The predicted molar refractivity (Wildman–Crippen MR) is 51.0 cm³/mol. The number of hydrogen-bond acceptors (Lipinski definition) is 1. The average Bonchev–Trinajstić information content (AvgIpc) is 1.97. The molecule has 0 amide bonds. The molecule has 0 aromatic heterocycles. The summed E-state index contributed by atoms with van der Waals surface area (Å²) in [6, 6.07) is 0. The second kappa shape index (κ2) is 3.88. The largest absolute Gasteiger partial charge is 0.299 e. The number of carbonyl (C=O) groups excluding carboxylic acids is 1. The van der Waals surface area contributed by atoms with E-state index in [0.29, 0.717) is 5.78 Å². The second-order valence-corrected chi connectivity index (χ2v) is 4.02. The van der Waals surface area contributed by atoms with Crippen LogP contribution in [0.5, 0.6) is 0 Å². The summed E-state index contributed by atoms with van der Waals surface area (Å²) >= 11 is 0. The summed E-state index contributed by atoms with van der Waals surface area (Å²) in [5.74, 6) is 0.359. The monoisotopic (exact) mass is 166 g/mol. The van der Waals surface area contributed by atoms with Gasteiger partial charge in [-0.2, -0.15) is 0 Å². The van der Waals surface area contributed by atoms with Gasteiger partial charge in [0.2, 0.25) is 0 Å². The number of hydrogen-bond donors (Lipinski definition) is 0. The van der Waals surface area contributed by atoms with Gasteiger partial charge in [0, 0.05) is 5.41 Å². The van der Waals surface area contributed by atoms with Gasteiger partial charge in [-0.1, -0.05) is 19.1 Å². The maximum absolute atomic E-state index is 11.4. The molecule has 0 aliphatic heterocycles. The molecule has 1 aliphatic carbocycles. The molecule has 0 bridgehead atoms. The van der Waals surface area contributed by atoms with Gasteiger partial charge in [-0.05, 0) is 39.0 Å². The van der Waals surface area contributed by atoms with Gasteiger partial charge in [0.25, 0.3) is 0 Å². The lowest BCUT2D eigenvalue weighted by molar-refractivity contribution is -0.126. The predicted octanol–water partition coefficient (Wildman–Crippen LogP) is 3.10. The summed E-state index contributed by atoms with van der Waals surface area (Å²) in [5.41, 5.74) is -0.0369. The van der Waals surface area contributed by atoms with Crippen LogP contribution in [0.4, 0.5) is 0 Å². The molecule has 68 valence electrons. The highest BCUT2D eigenvalue weighted by Crippen LogP contribution is 2.32. The molecule has 0 N–H and O–H groups in total. The van der Waals surface area contributed by atoms with Crippen molar-refractivity contribution in [1.29, 1.82) is 0 Å². The highest BCUT2D eigenvalue weighted by atomic mass is 16.1. The standard InChI is InChI=1S/C11H18O/c1-10(12)11(2)8-6-4-3-5-7-9-11/h3-4H,5-9H2,1-2H3/b4-3+. The van der Waals surface area contributed by atoms with Crippen molar-refractivity contribution in [3.05, 3.63) is 12.2 Å². The first-order chi connectivity index (χ1) is 5.65. The quantitative estimate of drug-likeness (QED) is 0.547. The zero-order valence-corrected chi connectivity index (χ0v) is 8.10. The van der Waals surface area contributed by atoms with Gasteiger partial charge >= 0.3 is 0 Å². The maximum Gasteiger partial charge on any atom is 0.135 e. The van der Waals surface area contributed by atoms with E-state index in [0.717, 1.165) is 32.1 Å². The van der Waals surface area contributed by atoms with Crippen LogP contribution in [0.15, 0.2) is 12.2 Å². The Kier molecular flexibility index (Phi) is 3.07. The highest BCUT2D eigenvalue weighted by molar-refractivity contribution is 5.81. The molecule has 1 aliphatic rings. The number of rotatable bonds is 1. The number of ketones is 1. The van der Waals surface area contributed by atoms with Gasteiger partial charge in [0.15, 0.2) is 0 Å². The van der Waals surface area contributed by atoms with Crippen LogP contribution in [0, 0.1) is 5.41 Å². The Hall–Kier alpha value is -0.590. The molecule has 1 heteroatoms. The molecule has 1 atom stereocenters. The molecule has 1 unspecified atom stereocenters. The number of allylic oxidation sites excluding steroid dienone is 2. The summed E-state index contributed by atoms with van der Waals surface area (Å²) in [7, 11) is 0. The summed E-state index contributed by atoms with van der Waals surface area (Å²) in [4.78, 5) is 11.4. The Balaban J connectivity index is 2.63. The van der Waals surface area contributed by atoms with Crippen molar-refractivity contribution in [2.24, 2.45) is 5.41 Å². The first kappa shape index (κ1) is 9.50. The minimum absolute atomic E-state index is 0.0369. The Labute approximate surface area is 74.9 Å². The fourth-order valence-electron chi connectivity index (χ4n) is 1.72. The van der Waals surface area contributed by atoms with Gasteiger partial charge in [0.1, 0.15) is 5.78 Å². The molecule has 0 aromatic rings. The lowest BCUT2D eigenvalue weighted by Crippen LogP contribution is -2.25. The normalized spacial score (nSPS) is 33.5. The molecule has 0 heterocycles. The van der Waals surface area contributed by atoms with E-state index < -0.39 is 0 Å². The molecule has 1 rings (SSSR count). The van der Waals surface area contributed by atoms with Crippen LogP contribution in [-0.2, 0) is 4.79 Å². The van der Waals surface area contributed by atoms with E-state index in [1.165, 1.54) is 0 Å². The third kappa shape index (κ3) is 2.20. The Morgan fingerprint density at radius 1 is 1.25 bits per heavy atom. The molecule has 0 saturated heterocycles. The summed E-state index contributed by atoms with van der Waals surface area (Å²) in [6.07, 6.45) is 9.90. The third-order valence-electron chi connectivity index (χ3n) is 2.98. The van der Waals surface area contributed by atoms with Crippen LogP contribution in [-0.4, -0.2) is 5.78 Å². The van der Waals surface area contributed by atoms with Crippen molar-refractivity contribution in [2.45, 2.75) is 46.0 Å². The minimum Gasteiger partial charge on any atom is -0.299 e. The van der Waals surface area contributed by atoms with Crippen LogP contribution < -0.4 is 0 Å². The molecule has 0 spiro atoms. The van der Waals surface area contributed by atoms with E-state index in [9.17, 15) is 4.79 Å². The van der Waals surface area contributed by atoms with Gasteiger partial charge < -0.3 is 0 Å². The van der Waals surface area contributed by atoms with E-state index in [-0.39, 0.29) is 5.41 Å². The Bertz CT molecular complexity index is 193. The molecule has 1 nitrogen and oxygen atoms in total. The van der Waals surface area contributed by atoms with Crippen molar-refractivity contribution in [1.82, 2.24) is 0 Å². The highest BCUT2D eigenvalue weighted by Gasteiger charge is 2.28. The summed E-state index contributed by atoms with van der Waals surface area (Å²) in [6.45, 7) is 3.83. The van der Waals surface area contributed by atoms with Crippen LogP contribution in [0.1, 0.15) is 46.0 Å². The Morgan fingerprint density at radius 2 is 1.92 bits per heavy atom. The van der Waals surface area contributed by atoms with Gasteiger partial charge in [-0.25, -0.2) is 0 Å². The van der Waals surface area contributed by atoms with E-state index in [4.69, 9.17) is 0 Å². The fourth-order valence-corrected chi connectivity index (χ4v) is 1.72. The first-order valence-corrected chi connectivity index (χ1v) is 4.81. The van der Waals surface area contributed by atoms with Crippen LogP contribution in [0.3, 0.4) is 0 Å². The third-order valence-corrected chi connectivity index (χ3v) is 2.98. The molecule has 0 saturated carbocycles. The van der Waals surface area contributed by atoms with Crippen molar-refractivity contribution in [3.63, 3.8) is 0 Å². The topological polar surface area (TPSA) is 17.1 Å². The number of Topliss-reactive ketones (excluding diaryl/α,β-unsaturated/α-hetero) is 1. The SMILES string of the molecule is CC(=O)C1(C)CC/C=C/CCC1. The lowest BCUT2D eigenvalue weighted by Gasteiger charge is -2.27. The smallest absolute Gasteiger partial charge is 0.135 e. The zero-order chi connectivity index (χ0) is 9.03. The first-order valence-electron chi connectivity index (χ1n) is 4.81. The van der Waals surface area contributed by atoms with Gasteiger partial charge in [0.05, 0.1) is 0 Å². The fraction of sp³-hybridized carbons (Fsp3) is 0.727. The lowest BCUT2D eigenvalue weighted by atomic mass is 9.76. The van der Waals surface area contributed by atoms with Crippen LogP contribution in [0.25, 0.3) is 0 Å². The second-order valence-electron chi connectivity index (χ2n) is 4.02. The van der Waals surface area contributed by atoms with Crippen molar-refractivity contribution in [2.75, 3.05) is 0 Å². The van der Waals surface area contributed by atoms with Gasteiger partial charge in [-0.3, -0.25) is 4.79 Å². The summed E-state index contributed by atoms with van der Waals surface area (Å²) < 4.78 is 0. The molecule has 0 fully saturated rings. The van der Waals surface area contributed by atoms with Crippen molar-refractivity contribution < 1.29 is 4.79 Å². The molecule has 12 heavy (non-hydrogen) atoms. The molecule has 0 aromatic carbocycles. The maximum atomic E-state index is 11.4. The Morgan fingerprint density at radius 3 is 2.58 bits per heavy atom. The van der Waals surface area contributed by atoms with E-state index >= 15 is 0 Å². The van der Waals surface area contributed by atoms with Crippen molar-refractivity contribution >= 4 is 5.78 Å². The van der Waals surface area contributed by atoms with E-state index in [2.05, 4.69) is 19.1 Å². The van der Waals surface area contributed by atoms with Crippen molar-refractivity contribution in [3.8, 4) is 0 Å². The average molecular weight is 166 g/mol. The molecular formula is C11H18O. The molecular weight excluding hydrogens is 148 g/mol. The minimum atomic E-state index is -0.0369. The zero-order valence-electron chi connectivity index (χ0n) is 8.10. The van der Waals surface area contributed by atoms with Gasteiger partial charge in [-0.15, -0.1) is 0 Å². The van der Waals surface area contributed by atoms with E-state index in [1.807, 2.05) is 0 Å².